The molecule has 0 saturated heterocycles. The van der Waals surface area contributed by atoms with Crippen LogP contribution in [0.2, 0.25) is 0 Å². The van der Waals surface area contributed by atoms with Crippen molar-refractivity contribution in [3.8, 4) is 12.3 Å². The molecule has 0 amide bonds. The van der Waals surface area contributed by atoms with Crippen LogP contribution in [0.5, 0.6) is 0 Å². The molecule has 5 heteroatoms. The third-order valence-electron chi connectivity index (χ3n) is 1.54. The summed E-state index contributed by atoms with van der Waals surface area (Å²) >= 11 is 0. The molecule has 14 heavy (non-hydrogen) atoms. The van der Waals surface area contributed by atoms with E-state index < -0.39 is 4.92 Å². The van der Waals surface area contributed by atoms with Gasteiger partial charge in [0.05, 0.1) is 0 Å². The predicted molar refractivity (Wildman–Crippen MR) is 52.8 cm³/mol. The lowest BCUT2D eigenvalue weighted by molar-refractivity contribution is -0.388. The first-order valence-electron chi connectivity index (χ1n) is 4.02. The number of nitrogens with zero attached hydrogens (tertiary/aromatic N) is 2. The lowest BCUT2D eigenvalue weighted by atomic mass is 10.3. The second kappa shape index (κ2) is 4.82. The molecule has 0 aliphatic rings. The van der Waals surface area contributed by atoms with Crippen LogP contribution in [-0.2, 0) is 0 Å². The van der Waals surface area contributed by atoms with Gasteiger partial charge >= 0.3 is 5.82 Å². The summed E-state index contributed by atoms with van der Waals surface area (Å²) in [5.41, 5.74) is 0.396. The van der Waals surface area contributed by atoms with Crippen molar-refractivity contribution < 1.29 is 4.92 Å². The van der Waals surface area contributed by atoms with E-state index in [2.05, 4.69) is 16.2 Å². The van der Waals surface area contributed by atoms with Crippen molar-refractivity contribution in [1.82, 2.24) is 4.98 Å². The van der Waals surface area contributed by atoms with E-state index in [9.17, 15) is 10.1 Å². The SMILES string of the molecule is C#CCCNc1cccnc1[N+](=O)[O-]. The summed E-state index contributed by atoms with van der Waals surface area (Å²) in [6.07, 6.45) is 6.95. The van der Waals surface area contributed by atoms with Crippen molar-refractivity contribution in [3.63, 3.8) is 0 Å². The number of aromatic nitrogens is 1. The van der Waals surface area contributed by atoms with Crippen LogP contribution in [0.15, 0.2) is 18.3 Å². The van der Waals surface area contributed by atoms with Crippen LogP contribution in [0.25, 0.3) is 0 Å². The van der Waals surface area contributed by atoms with Crippen LogP contribution < -0.4 is 5.32 Å². The van der Waals surface area contributed by atoms with Gasteiger partial charge in [0.2, 0.25) is 0 Å². The zero-order valence-corrected chi connectivity index (χ0v) is 7.43. The first-order valence-corrected chi connectivity index (χ1v) is 4.02. The monoisotopic (exact) mass is 191 g/mol. The van der Waals surface area contributed by atoms with Gasteiger partial charge < -0.3 is 15.4 Å². The highest BCUT2D eigenvalue weighted by Crippen LogP contribution is 2.19. The molecule has 5 nitrogen and oxygen atoms in total. The number of pyridine rings is 1. The minimum atomic E-state index is -0.530. The molecule has 0 atom stereocenters. The summed E-state index contributed by atoms with van der Waals surface area (Å²) in [5.74, 6) is 2.26. The van der Waals surface area contributed by atoms with E-state index in [4.69, 9.17) is 6.42 Å². The van der Waals surface area contributed by atoms with Gasteiger partial charge in [-0.25, -0.2) is 0 Å². The molecule has 1 heterocycles. The van der Waals surface area contributed by atoms with E-state index in [-0.39, 0.29) is 5.82 Å². The van der Waals surface area contributed by atoms with Crippen molar-refractivity contribution in [1.29, 1.82) is 0 Å². The van der Waals surface area contributed by atoms with Crippen molar-refractivity contribution in [2.45, 2.75) is 6.42 Å². The zero-order valence-electron chi connectivity index (χ0n) is 7.43. The van der Waals surface area contributed by atoms with E-state index in [1.807, 2.05) is 0 Å². The minimum Gasteiger partial charge on any atom is -0.377 e. The summed E-state index contributed by atoms with van der Waals surface area (Å²) in [5, 5.41) is 13.4. The fourth-order valence-corrected chi connectivity index (χ4v) is 0.950. The molecule has 0 aromatic carbocycles. The number of hydrogen-bond donors (Lipinski definition) is 1. The second-order valence-electron chi connectivity index (χ2n) is 2.51. The van der Waals surface area contributed by atoms with Crippen LogP contribution in [0.4, 0.5) is 11.5 Å². The normalized spacial score (nSPS) is 9.07. The lowest BCUT2D eigenvalue weighted by Gasteiger charge is -2.03. The average molecular weight is 191 g/mol. The van der Waals surface area contributed by atoms with E-state index in [0.717, 1.165) is 0 Å². The Morgan fingerprint density at radius 2 is 2.50 bits per heavy atom. The van der Waals surface area contributed by atoms with Crippen molar-refractivity contribution in [3.05, 3.63) is 28.4 Å². The second-order valence-corrected chi connectivity index (χ2v) is 2.51. The minimum absolute atomic E-state index is 0.176. The molecule has 0 aliphatic heterocycles. The molecule has 0 saturated carbocycles. The molecule has 72 valence electrons. The molecule has 1 rings (SSSR count). The molecule has 0 aliphatic carbocycles. The van der Waals surface area contributed by atoms with Crippen LogP contribution in [0.3, 0.4) is 0 Å². The van der Waals surface area contributed by atoms with Crippen molar-refractivity contribution >= 4 is 11.5 Å². The van der Waals surface area contributed by atoms with E-state index in [0.29, 0.717) is 18.7 Å². The Morgan fingerprint density at radius 3 is 3.14 bits per heavy atom. The van der Waals surface area contributed by atoms with Gasteiger partial charge in [-0.05, 0) is 22.0 Å². The molecule has 0 fully saturated rings. The van der Waals surface area contributed by atoms with Crippen molar-refractivity contribution in [2.24, 2.45) is 0 Å². The Kier molecular flexibility index (Phi) is 3.44. The quantitative estimate of drug-likeness (QED) is 0.338. The van der Waals surface area contributed by atoms with Crippen molar-refractivity contribution in [2.75, 3.05) is 11.9 Å². The highest BCUT2D eigenvalue weighted by molar-refractivity contribution is 5.56. The highest BCUT2D eigenvalue weighted by atomic mass is 16.6. The topological polar surface area (TPSA) is 68.1 Å². The Balaban J connectivity index is 2.75. The van der Waals surface area contributed by atoms with E-state index in [1.165, 1.54) is 6.20 Å². The van der Waals surface area contributed by atoms with Gasteiger partial charge in [0.25, 0.3) is 0 Å². The van der Waals surface area contributed by atoms with Crippen LogP contribution in [-0.4, -0.2) is 16.5 Å². The number of nitro groups is 1. The van der Waals surface area contributed by atoms with Crippen LogP contribution in [0, 0.1) is 22.5 Å². The number of hydrogen-bond acceptors (Lipinski definition) is 4. The number of anilines is 1. The molecule has 0 bridgehead atoms. The third-order valence-corrected chi connectivity index (χ3v) is 1.54. The Hall–Kier alpha value is -2.09. The van der Waals surface area contributed by atoms with Gasteiger partial charge in [-0.15, -0.1) is 12.3 Å². The van der Waals surface area contributed by atoms with Gasteiger partial charge in [0, 0.05) is 13.0 Å². The largest absolute Gasteiger partial charge is 0.386 e. The van der Waals surface area contributed by atoms with E-state index >= 15 is 0 Å². The van der Waals surface area contributed by atoms with Gasteiger partial charge in [-0.1, -0.05) is 0 Å². The molecule has 1 aromatic rings. The summed E-state index contributed by atoms with van der Waals surface area (Å²) in [6, 6.07) is 3.23. The van der Waals surface area contributed by atoms with Gasteiger partial charge in [-0.3, -0.25) is 0 Å². The summed E-state index contributed by atoms with van der Waals surface area (Å²) in [6.45, 7) is 0.503. The average Bonchev–Trinajstić information content (AvgIpc) is 2.19. The van der Waals surface area contributed by atoms with Gasteiger partial charge in [0.15, 0.2) is 0 Å². The Bertz CT molecular complexity index is 371. The summed E-state index contributed by atoms with van der Waals surface area (Å²) in [7, 11) is 0. The lowest BCUT2D eigenvalue weighted by Crippen LogP contribution is -2.04. The predicted octanol–water partition coefficient (Wildman–Crippen LogP) is 1.42. The first-order chi connectivity index (χ1) is 6.75. The number of nitrogens with one attached hydrogen (secondary N) is 1. The number of rotatable bonds is 4. The fourth-order valence-electron chi connectivity index (χ4n) is 0.950. The summed E-state index contributed by atoms with van der Waals surface area (Å²) < 4.78 is 0. The zero-order chi connectivity index (χ0) is 10.4. The molecule has 0 spiro atoms. The molecular weight excluding hydrogens is 182 g/mol. The first kappa shape index (κ1) is 9.99. The third kappa shape index (κ3) is 2.45. The summed E-state index contributed by atoms with van der Waals surface area (Å²) in [4.78, 5) is 13.6. The smallest absolute Gasteiger partial charge is 0.377 e. The molecule has 0 radical (unpaired) electrons. The van der Waals surface area contributed by atoms with Gasteiger partial charge in [-0.2, -0.15) is 0 Å². The molecule has 1 N–H and O–H groups in total. The highest BCUT2D eigenvalue weighted by Gasteiger charge is 2.12. The van der Waals surface area contributed by atoms with E-state index in [1.54, 1.807) is 12.1 Å². The maximum absolute atomic E-state index is 10.5. The maximum atomic E-state index is 10.5. The van der Waals surface area contributed by atoms with Gasteiger partial charge in [0.1, 0.15) is 11.9 Å². The maximum Gasteiger partial charge on any atom is 0.386 e. The number of terminal acetylenes is 1. The molecular formula is C9H9N3O2. The molecule has 0 unspecified atom stereocenters. The standard InChI is InChI=1S/C9H9N3O2/c1-2-3-6-10-8-5-4-7-11-9(8)12(13)14/h1,4-5,7,10H,3,6H2. The molecule has 1 aromatic heterocycles. The van der Waals surface area contributed by atoms with Crippen LogP contribution in [0.1, 0.15) is 6.42 Å². The van der Waals surface area contributed by atoms with Crippen LogP contribution >= 0.6 is 0 Å². The Labute approximate surface area is 81.3 Å². The Morgan fingerprint density at radius 1 is 1.71 bits per heavy atom. The fraction of sp³-hybridized carbons (Fsp3) is 0.222.